The van der Waals surface area contributed by atoms with Gasteiger partial charge in [0.25, 0.3) is 5.69 Å². The minimum atomic E-state index is -1.09. The van der Waals surface area contributed by atoms with Gasteiger partial charge in [-0.05, 0) is 35.9 Å². The Balaban J connectivity index is 1.90. The fourth-order valence-corrected chi connectivity index (χ4v) is 2.97. The number of aromatic nitrogens is 2. The molecular formula is C17H12N4O4. The van der Waals surface area contributed by atoms with Crippen molar-refractivity contribution < 1.29 is 14.8 Å². The van der Waals surface area contributed by atoms with Crippen LogP contribution < -0.4 is 5.32 Å². The first-order chi connectivity index (χ1) is 12.0. The molecule has 2 N–H and O–H groups in total. The van der Waals surface area contributed by atoms with Crippen LogP contribution in [-0.2, 0) is 4.79 Å². The molecule has 3 aromatic rings. The summed E-state index contributed by atoms with van der Waals surface area (Å²) in [5, 5.41) is 23.0. The standard InChI is InChI=1S/C17H12N4O4/c22-16(23)13-9-15(10-5-7-11(8-6-10)21(24)25)20-14-4-2-1-3-12(14)18-17(20)19-13/h1-9,15H,(H,18,19)(H,22,23). The number of carbonyl (C=O) groups is 1. The molecule has 0 saturated heterocycles. The number of anilines is 1. The van der Waals surface area contributed by atoms with Crippen LogP contribution in [0.4, 0.5) is 11.6 Å². The molecule has 0 aliphatic carbocycles. The molecule has 2 heterocycles. The van der Waals surface area contributed by atoms with Gasteiger partial charge in [0.1, 0.15) is 5.70 Å². The second-order valence-corrected chi connectivity index (χ2v) is 5.60. The molecule has 1 aliphatic heterocycles. The average Bonchev–Trinajstić information content (AvgIpc) is 2.99. The zero-order valence-electron chi connectivity index (χ0n) is 12.8. The smallest absolute Gasteiger partial charge is 0.352 e. The molecule has 1 unspecified atom stereocenters. The van der Waals surface area contributed by atoms with E-state index < -0.39 is 16.9 Å². The van der Waals surface area contributed by atoms with E-state index in [4.69, 9.17) is 0 Å². The van der Waals surface area contributed by atoms with Gasteiger partial charge in [0.05, 0.1) is 22.0 Å². The van der Waals surface area contributed by atoms with Crippen LogP contribution in [0.5, 0.6) is 0 Å². The average molecular weight is 336 g/mol. The zero-order valence-corrected chi connectivity index (χ0v) is 12.8. The molecule has 0 saturated carbocycles. The summed E-state index contributed by atoms with van der Waals surface area (Å²) in [6, 6.07) is 13.1. The monoisotopic (exact) mass is 336 g/mol. The summed E-state index contributed by atoms with van der Waals surface area (Å²) >= 11 is 0. The third kappa shape index (κ3) is 2.40. The largest absolute Gasteiger partial charge is 0.477 e. The molecule has 8 nitrogen and oxygen atoms in total. The highest BCUT2D eigenvalue weighted by Crippen LogP contribution is 2.34. The fraction of sp³-hybridized carbons (Fsp3) is 0.0588. The number of hydrogen-bond acceptors (Lipinski definition) is 5. The summed E-state index contributed by atoms with van der Waals surface area (Å²) < 4.78 is 1.88. The molecule has 1 aliphatic rings. The first-order valence-corrected chi connectivity index (χ1v) is 7.48. The number of carboxylic acids is 1. The number of allylic oxidation sites excluding steroid dienone is 1. The number of nitrogens with one attached hydrogen (secondary N) is 1. The fourth-order valence-electron chi connectivity index (χ4n) is 2.97. The number of para-hydroxylation sites is 2. The number of nitro groups is 1. The second-order valence-electron chi connectivity index (χ2n) is 5.60. The van der Waals surface area contributed by atoms with E-state index in [1.54, 1.807) is 18.2 Å². The van der Waals surface area contributed by atoms with E-state index in [1.165, 1.54) is 12.1 Å². The van der Waals surface area contributed by atoms with Gasteiger partial charge in [0, 0.05) is 12.1 Å². The maximum absolute atomic E-state index is 11.4. The van der Waals surface area contributed by atoms with Crippen molar-refractivity contribution in [2.75, 3.05) is 5.32 Å². The molecule has 0 amide bonds. The third-order valence-corrected chi connectivity index (χ3v) is 4.12. The predicted octanol–water partition coefficient (Wildman–Crippen LogP) is 2.93. The van der Waals surface area contributed by atoms with Crippen molar-refractivity contribution in [2.24, 2.45) is 0 Å². The molecule has 0 bridgehead atoms. The number of imidazole rings is 1. The van der Waals surface area contributed by atoms with Crippen molar-refractivity contribution in [2.45, 2.75) is 6.04 Å². The van der Waals surface area contributed by atoms with Crippen molar-refractivity contribution in [3.8, 4) is 0 Å². The Hall–Kier alpha value is -3.68. The van der Waals surface area contributed by atoms with Crippen LogP contribution in [-0.4, -0.2) is 25.6 Å². The normalized spacial score (nSPS) is 16.0. The Morgan fingerprint density at radius 3 is 2.60 bits per heavy atom. The molecule has 1 aromatic heterocycles. The van der Waals surface area contributed by atoms with Gasteiger partial charge in [0.2, 0.25) is 5.95 Å². The van der Waals surface area contributed by atoms with Crippen LogP contribution >= 0.6 is 0 Å². The van der Waals surface area contributed by atoms with Crippen molar-refractivity contribution >= 4 is 28.6 Å². The highest BCUT2D eigenvalue weighted by molar-refractivity contribution is 5.92. The van der Waals surface area contributed by atoms with E-state index in [0.29, 0.717) is 5.95 Å². The summed E-state index contributed by atoms with van der Waals surface area (Å²) in [6.07, 6.45) is 1.57. The van der Waals surface area contributed by atoms with Gasteiger partial charge >= 0.3 is 5.97 Å². The minimum Gasteiger partial charge on any atom is -0.477 e. The Kier molecular flexibility index (Phi) is 3.24. The van der Waals surface area contributed by atoms with E-state index in [9.17, 15) is 20.0 Å². The topological polar surface area (TPSA) is 110 Å². The number of nitro benzene ring substituents is 1. The predicted molar refractivity (Wildman–Crippen MR) is 90.3 cm³/mol. The van der Waals surface area contributed by atoms with E-state index in [2.05, 4.69) is 10.3 Å². The summed E-state index contributed by atoms with van der Waals surface area (Å²) in [6.45, 7) is 0. The van der Waals surface area contributed by atoms with Gasteiger partial charge in [-0.2, -0.15) is 0 Å². The molecular weight excluding hydrogens is 324 g/mol. The molecule has 0 radical (unpaired) electrons. The molecule has 124 valence electrons. The highest BCUT2D eigenvalue weighted by atomic mass is 16.6. The SMILES string of the molecule is O=C(O)C1=CC(c2ccc([N+](=O)[O-])cc2)n2c(nc3ccccc32)N1. The van der Waals surface area contributed by atoms with Crippen LogP contribution in [0, 0.1) is 10.1 Å². The van der Waals surface area contributed by atoms with Crippen molar-refractivity contribution in [3.05, 3.63) is 76.0 Å². The van der Waals surface area contributed by atoms with E-state index in [1.807, 2.05) is 28.8 Å². The van der Waals surface area contributed by atoms with Crippen LogP contribution in [0.1, 0.15) is 11.6 Å². The summed E-state index contributed by atoms with van der Waals surface area (Å²) in [5.41, 5.74) is 2.31. The van der Waals surface area contributed by atoms with Crippen molar-refractivity contribution in [1.29, 1.82) is 0 Å². The van der Waals surface area contributed by atoms with Crippen molar-refractivity contribution in [3.63, 3.8) is 0 Å². The van der Waals surface area contributed by atoms with Crippen molar-refractivity contribution in [1.82, 2.24) is 9.55 Å². The minimum absolute atomic E-state index is 0.0177. The number of non-ortho nitro benzene ring substituents is 1. The lowest BCUT2D eigenvalue weighted by atomic mass is 10.0. The highest BCUT2D eigenvalue weighted by Gasteiger charge is 2.27. The molecule has 0 fully saturated rings. The first-order valence-electron chi connectivity index (χ1n) is 7.48. The number of benzene rings is 2. The lowest BCUT2D eigenvalue weighted by Crippen LogP contribution is -2.23. The summed E-state index contributed by atoms with van der Waals surface area (Å²) in [7, 11) is 0. The molecule has 8 heteroatoms. The van der Waals surface area contributed by atoms with Crippen LogP contribution in [0.25, 0.3) is 11.0 Å². The lowest BCUT2D eigenvalue weighted by Gasteiger charge is -2.24. The van der Waals surface area contributed by atoms with Crippen LogP contribution in [0.3, 0.4) is 0 Å². The second kappa shape index (κ2) is 5.45. The number of fused-ring (bicyclic) bond motifs is 3. The van der Waals surface area contributed by atoms with Gasteiger partial charge in [-0.1, -0.05) is 12.1 Å². The molecule has 0 spiro atoms. The molecule has 2 aromatic carbocycles. The maximum atomic E-state index is 11.4. The van der Waals surface area contributed by atoms with Crippen LogP contribution in [0.15, 0.2) is 60.3 Å². The van der Waals surface area contributed by atoms with Gasteiger partial charge in [-0.15, -0.1) is 0 Å². The quantitative estimate of drug-likeness (QED) is 0.562. The number of carboxylic acid groups (broad SMARTS) is 1. The van der Waals surface area contributed by atoms with E-state index in [-0.39, 0.29) is 11.4 Å². The number of aliphatic carboxylic acids is 1. The Bertz CT molecular complexity index is 1040. The lowest BCUT2D eigenvalue weighted by molar-refractivity contribution is -0.384. The zero-order chi connectivity index (χ0) is 17.6. The Morgan fingerprint density at radius 1 is 1.20 bits per heavy atom. The summed E-state index contributed by atoms with van der Waals surface area (Å²) in [5.74, 6) is -0.672. The number of rotatable bonds is 3. The van der Waals surface area contributed by atoms with Gasteiger partial charge < -0.3 is 10.4 Å². The first kappa shape index (κ1) is 14.9. The van der Waals surface area contributed by atoms with Gasteiger partial charge in [0.15, 0.2) is 0 Å². The summed E-state index contributed by atoms with van der Waals surface area (Å²) in [4.78, 5) is 26.3. The number of nitrogens with zero attached hydrogens (tertiary/aromatic N) is 3. The molecule has 1 atom stereocenters. The Morgan fingerprint density at radius 2 is 1.92 bits per heavy atom. The van der Waals surface area contributed by atoms with Crippen LogP contribution in [0.2, 0.25) is 0 Å². The van der Waals surface area contributed by atoms with Gasteiger partial charge in [-0.25, -0.2) is 9.78 Å². The molecule has 25 heavy (non-hydrogen) atoms. The van der Waals surface area contributed by atoms with Gasteiger partial charge in [-0.3, -0.25) is 14.7 Å². The Labute approximate surface area is 141 Å². The van der Waals surface area contributed by atoms with E-state index in [0.717, 1.165) is 16.6 Å². The molecule has 4 rings (SSSR count). The number of hydrogen-bond donors (Lipinski definition) is 2. The van der Waals surface area contributed by atoms with E-state index >= 15 is 0 Å². The third-order valence-electron chi connectivity index (χ3n) is 4.12. The maximum Gasteiger partial charge on any atom is 0.352 e.